The predicted molar refractivity (Wildman–Crippen MR) is 84.3 cm³/mol. The highest BCUT2D eigenvalue weighted by Crippen LogP contribution is 2.19. The molecule has 21 heavy (non-hydrogen) atoms. The maximum absolute atomic E-state index is 13.6. The fourth-order valence-electron chi connectivity index (χ4n) is 2.33. The van der Waals surface area contributed by atoms with Gasteiger partial charge in [-0.25, -0.2) is 4.39 Å². The monoisotopic (exact) mass is 287 g/mol. The van der Waals surface area contributed by atoms with Crippen LogP contribution in [-0.4, -0.2) is 13.7 Å². The quantitative estimate of drug-likeness (QED) is 0.866. The molecule has 0 aliphatic heterocycles. The van der Waals surface area contributed by atoms with Crippen molar-refractivity contribution in [3.8, 4) is 5.75 Å². The van der Waals surface area contributed by atoms with Gasteiger partial charge in [0.05, 0.1) is 7.11 Å². The molecule has 0 spiro atoms. The molecule has 0 bridgehead atoms. The molecule has 0 aliphatic rings. The SMILES string of the molecule is COc1ccccc1CCNC(C)c1ccc(C)c(F)c1. The Morgan fingerprint density at radius 1 is 1.19 bits per heavy atom. The lowest BCUT2D eigenvalue weighted by Gasteiger charge is -2.15. The zero-order valence-corrected chi connectivity index (χ0v) is 12.8. The van der Waals surface area contributed by atoms with Gasteiger partial charge in [-0.15, -0.1) is 0 Å². The maximum Gasteiger partial charge on any atom is 0.126 e. The smallest absolute Gasteiger partial charge is 0.126 e. The van der Waals surface area contributed by atoms with Gasteiger partial charge >= 0.3 is 0 Å². The van der Waals surface area contributed by atoms with Crippen LogP contribution in [0.25, 0.3) is 0 Å². The van der Waals surface area contributed by atoms with Crippen LogP contribution in [0.15, 0.2) is 42.5 Å². The van der Waals surface area contributed by atoms with Crippen molar-refractivity contribution in [2.75, 3.05) is 13.7 Å². The van der Waals surface area contributed by atoms with Gasteiger partial charge in [0.2, 0.25) is 0 Å². The number of hydrogen-bond donors (Lipinski definition) is 1. The highest BCUT2D eigenvalue weighted by molar-refractivity contribution is 5.33. The Kier molecular flexibility index (Phi) is 5.34. The fraction of sp³-hybridized carbons (Fsp3) is 0.333. The van der Waals surface area contributed by atoms with Crippen LogP contribution < -0.4 is 10.1 Å². The molecule has 1 atom stereocenters. The molecule has 0 saturated heterocycles. The Hall–Kier alpha value is -1.87. The molecule has 0 aliphatic carbocycles. The highest BCUT2D eigenvalue weighted by atomic mass is 19.1. The molecule has 112 valence electrons. The summed E-state index contributed by atoms with van der Waals surface area (Å²) in [6.45, 7) is 4.64. The molecule has 3 heteroatoms. The van der Waals surface area contributed by atoms with Gasteiger partial charge in [-0.05, 0) is 55.6 Å². The number of ether oxygens (including phenoxy) is 1. The van der Waals surface area contributed by atoms with Crippen LogP contribution in [-0.2, 0) is 6.42 Å². The zero-order chi connectivity index (χ0) is 15.2. The number of methoxy groups -OCH3 is 1. The number of rotatable bonds is 6. The summed E-state index contributed by atoms with van der Waals surface area (Å²) < 4.78 is 18.9. The Bertz CT molecular complexity index is 598. The summed E-state index contributed by atoms with van der Waals surface area (Å²) >= 11 is 0. The van der Waals surface area contributed by atoms with E-state index in [-0.39, 0.29) is 11.9 Å². The Morgan fingerprint density at radius 2 is 1.95 bits per heavy atom. The van der Waals surface area contributed by atoms with E-state index in [4.69, 9.17) is 4.74 Å². The van der Waals surface area contributed by atoms with Gasteiger partial charge in [-0.3, -0.25) is 0 Å². The van der Waals surface area contributed by atoms with Crippen LogP contribution in [0, 0.1) is 12.7 Å². The van der Waals surface area contributed by atoms with Gasteiger partial charge in [0.15, 0.2) is 0 Å². The second kappa shape index (κ2) is 7.23. The van der Waals surface area contributed by atoms with E-state index < -0.39 is 0 Å². The van der Waals surface area contributed by atoms with E-state index in [9.17, 15) is 4.39 Å². The number of halogens is 1. The summed E-state index contributed by atoms with van der Waals surface area (Å²) in [5.74, 6) is 0.763. The molecular weight excluding hydrogens is 265 g/mol. The van der Waals surface area contributed by atoms with Gasteiger partial charge in [0.25, 0.3) is 0 Å². The van der Waals surface area contributed by atoms with Crippen molar-refractivity contribution < 1.29 is 9.13 Å². The number of aryl methyl sites for hydroxylation is 1. The van der Waals surface area contributed by atoms with Crippen LogP contribution in [0.2, 0.25) is 0 Å². The highest BCUT2D eigenvalue weighted by Gasteiger charge is 2.08. The van der Waals surface area contributed by atoms with Gasteiger partial charge in [-0.2, -0.15) is 0 Å². The molecule has 0 radical (unpaired) electrons. The van der Waals surface area contributed by atoms with Crippen molar-refractivity contribution in [2.45, 2.75) is 26.3 Å². The summed E-state index contributed by atoms with van der Waals surface area (Å²) in [6, 6.07) is 13.5. The maximum atomic E-state index is 13.6. The first-order valence-electron chi connectivity index (χ1n) is 7.23. The van der Waals surface area contributed by atoms with E-state index in [1.54, 1.807) is 20.1 Å². The predicted octanol–water partition coefficient (Wildman–Crippen LogP) is 4.04. The molecule has 0 saturated carbocycles. The van der Waals surface area contributed by atoms with Crippen LogP contribution in [0.3, 0.4) is 0 Å². The van der Waals surface area contributed by atoms with Crippen molar-refractivity contribution >= 4 is 0 Å². The average Bonchev–Trinajstić information content (AvgIpc) is 2.50. The van der Waals surface area contributed by atoms with E-state index >= 15 is 0 Å². The number of hydrogen-bond acceptors (Lipinski definition) is 2. The first kappa shape index (κ1) is 15.5. The zero-order valence-electron chi connectivity index (χ0n) is 12.8. The molecule has 2 nitrogen and oxygen atoms in total. The minimum Gasteiger partial charge on any atom is -0.496 e. The number of para-hydroxylation sites is 1. The summed E-state index contributed by atoms with van der Waals surface area (Å²) in [6.07, 6.45) is 0.878. The molecule has 0 fully saturated rings. The van der Waals surface area contributed by atoms with Crippen LogP contribution in [0.1, 0.15) is 29.7 Å². The van der Waals surface area contributed by atoms with Crippen molar-refractivity contribution in [3.05, 3.63) is 65.0 Å². The van der Waals surface area contributed by atoms with Crippen LogP contribution >= 0.6 is 0 Å². The number of benzene rings is 2. The fourth-order valence-corrected chi connectivity index (χ4v) is 2.33. The molecular formula is C18H22FNO. The van der Waals surface area contributed by atoms with Gasteiger partial charge in [0.1, 0.15) is 11.6 Å². The molecule has 2 rings (SSSR count). The Balaban J connectivity index is 1.92. The summed E-state index contributed by atoms with van der Waals surface area (Å²) in [5, 5.41) is 3.42. The van der Waals surface area contributed by atoms with Gasteiger partial charge < -0.3 is 10.1 Å². The van der Waals surface area contributed by atoms with E-state index in [2.05, 4.69) is 11.4 Å². The molecule has 0 heterocycles. The molecule has 0 amide bonds. The van der Waals surface area contributed by atoms with Crippen LogP contribution in [0.4, 0.5) is 4.39 Å². The van der Waals surface area contributed by atoms with Crippen molar-refractivity contribution in [1.29, 1.82) is 0 Å². The lowest BCUT2D eigenvalue weighted by atomic mass is 10.1. The van der Waals surface area contributed by atoms with E-state index in [0.29, 0.717) is 5.56 Å². The molecule has 1 N–H and O–H groups in total. The first-order valence-corrected chi connectivity index (χ1v) is 7.23. The van der Waals surface area contributed by atoms with Crippen molar-refractivity contribution in [3.63, 3.8) is 0 Å². The first-order chi connectivity index (χ1) is 10.1. The number of nitrogens with one attached hydrogen (secondary N) is 1. The third-order valence-corrected chi connectivity index (χ3v) is 3.73. The molecule has 2 aromatic rings. The molecule has 2 aromatic carbocycles. The van der Waals surface area contributed by atoms with E-state index in [1.807, 2.05) is 37.3 Å². The normalized spacial score (nSPS) is 12.2. The summed E-state index contributed by atoms with van der Waals surface area (Å²) in [4.78, 5) is 0. The molecule has 0 aromatic heterocycles. The van der Waals surface area contributed by atoms with E-state index in [1.165, 1.54) is 5.56 Å². The van der Waals surface area contributed by atoms with Gasteiger partial charge in [0, 0.05) is 6.04 Å². The standard InChI is InChI=1S/C18H22FNO/c1-13-8-9-16(12-17(13)19)14(2)20-11-10-15-6-4-5-7-18(15)21-3/h4-9,12,14,20H,10-11H2,1-3H3. The largest absolute Gasteiger partial charge is 0.496 e. The van der Waals surface area contributed by atoms with E-state index in [0.717, 1.165) is 24.3 Å². The second-order valence-electron chi connectivity index (χ2n) is 5.25. The topological polar surface area (TPSA) is 21.3 Å². The minimum atomic E-state index is -0.147. The summed E-state index contributed by atoms with van der Waals surface area (Å²) in [5.41, 5.74) is 2.83. The lowest BCUT2D eigenvalue weighted by molar-refractivity contribution is 0.408. The third-order valence-electron chi connectivity index (χ3n) is 3.73. The Labute approximate surface area is 126 Å². The van der Waals surface area contributed by atoms with Crippen molar-refractivity contribution in [1.82, 2.24) is 5.32 Å². The summed E-state index contributed by atoms with van der Waals surface area (Å²) in [7, 11) is 1.68. The third kappa shape index (κ3) is 4.05. The van der Waals surface area contributed by atoms with Gasteiger partial charge in [-0.1, -0.05) is 30.3 Å². The molecule has 1 unspecified atom stereocenters. The van der Waals surface area contributed by atoms with Crippen LogP contribution in [0.5, 0.6) is 5.75 Å². The Morgan fingerprint density at radius 3 is 2.67 bits per heavy atom. The average molecular weight is 287 g/mol. The van der Waals surface area contributed by atoms with Crippen molar-refractivity contribution in [2.24, 2.45) is 0 Å². The second-order valence-corrected chi connectivity index (χ2v) is 5.25. The lowest BCUT2D eigenvalue weighted by Crippen LogP contribution is -2.21. The minimum absolute atomic E-state index is 0.120.